The number of carbonyl (C=O) groups excluding carboxylic acids is 1. The first kappa shape index (κ1) is 18.7. The van der Waals surface area contributed by atoms with Gasteiger partial charge >= 0.3 is 0 Å². The number of benzene rings is 1. The van der Waals surface area contributed by atoms with Gasteiger partial charge in [-0.05, 0) is 43.1 Å². The largest absolute Gasteiger partial charge is 0.438 e. The maximum atomic E-state index is 12.5. The summed E-state index contributed by atoms with van der Waals surface area (Å²) in [6.07, 6.45) is 1.61. The van der Waals surface area contributed by atoms with E-state index in [9.17, 15) is 4.79 Å². The van der Waals surface area contributed by atoms with E-state index in [0.717, 1.165) is 17.1 Å². The van der Waals surface area contributed by atoms with E-state index in [2.05, 4.69) is 25.1 Å². The molecule has 3 heterocycles. The van der Waals surface area contributed by atoms with Gasteiger partial charge in [-0.15, -0.1) is 5.10 Å². The Hall–Kier alpha value is -3.66. The SMILES string of the molecule is CCNc1cc(C(=O)Nc2cc(Oc3ccc4nc(N)cn4n3)ccc2C)ns1. The molecule has 3 aromatic heterocycles. The summed E-state index contributed by atoms with van der Waals surface area (Å²) >= 11 is 1.25. The molecule has 4 aromatic rings. The van der Waals surface area contributed by atoms with Gasteiger partial charge in [-0.2, -0.15) is 4.37 Å². The number of rotatable bonds is 6. The number of hydrogen-bond donors (Lipinski definition) is 3. The standard InChI is InChI=1S/C19H19N7O2S/c1-3-21-18-9-14(25-29-18)19(27)22-13-8-12(5-4-11(13)2)28-17-7-6-16-23-15(20)10-26(16)24-17/h4-10,21H,3,20H2,1-2H3,(H,22,27). The topological polar surface area (TPSA) is 119 Å². The van der Waals surface area contributed by atoms with E-state index in [1.54, 1.807) is 35.0 Å². The van der Waals surface area contributed by atoms with Crippen molar-refractivity contribution in [1.29, 1.82) is 0 Å². The van der Waals surface area contributed by atoms with Gasteiger partial charge in [0.1, 0.15) is 22.3 Å². The molecule has 148 valence electrons. The number of aryl methyl sites for hydroxylation is 1. The summed E-state index contributed by atoms with van der Waals surface area (Å²) in [6.45, 7) is 4.67. The van der Waals surface area contributed by atoms with E-state index in [-0.39, 0.29) is 5.91 Å². The van der Waals surface area contributed by atoms with Gasteiger partial charge in [-0.1, -0.05) is 6.07 Å². The number of carbonyl (C=O) groups is 1. The highest BCUT2D eigenvalue weighted by molar-refractivity contribution is 7.10. The van der Waals surface area contributed by atoms with Crippen molar-refractivity contribution in [2.24, 2.45) is 0 Å². The van der Waals surface area contributed by atoms with Crippen LogP contribution in [0, 0.1) is 6.92 Å². The molecular weight excluding hydrogens is 390 g/mol. The average molecular weight is 409 g/mol. The number of amides is 1. The van der Waals surface area contributed by atoms with E-state index >= 15 is 0 Å². The quantitative estimate of drug-likeness (QED) is 0.445. The second-order valence-corrected chi connectivity index (χ2v) is 7.08. The highest BCUT2D eigenvalue weighted by atomic mass is 32.1. The molecule has 0 bridgehead atoms. The fourth-order valence-electron chi connectivity index (χ4n) is 2.68. The van der Waals surface area contributed by atoms with Gasteiger partial charge < -0.3 is 21.1 Å². The Labute approximate surface area is 170 Å². The number of hydrogen-bond acceptors (Lipinski definition) is 8. The lowest BCUT2D eigenvalue weighted by Crippen LogP contribution is -2.13. The van der Waals surface area contributed by atoms with Crippen LogP contribution >= 0.6 is 11.5 Å². The number of nitrogens with two attached hydrogens (primary N) is 1. The normalized spacial score (nSPS) is 10.8. The van der Waals surface area contributed by atoms with E-state index in [1.165, 1.54) is 11.5 Å². The van der Waals surface area contributed by atoms with Crippen molar-refractivity contribution in [3.8, 4) is 11.6 Å². The number of nitrogens with one attached hydrogen (secondary N) is 2. The Balaban J connectivity index is 1.52. The van der Waals surface area contributed by atoms with Crippen LogP contribution in [0.25, 0.3) is 5.65 Å². The van der Waals surface area contributed by atoms with Crippen LogP contribution in [0.4, 0.5) is 16.5 Å². The maximum Gasteiger partial charge on any atom is 0.275 e. The van der Waals surface area contributed by atoms with Crippen molar-refractivity contribution in [3.05, 3.63) is 53.9 Å². The molecule has 0 aliphatic carbocycles. The van der Waals surface area contributed by atoms with Crippen LogP contribution in [0.15, 0.2) is 42.6 Å². The zero-order chi connectivity index (χ0) is 20.4. The Kier molecular flexibility index (Phi) is 5.00. The van der Waals surface area contributed by atoms with E-state index in [0.29, 0.717) is 34.5 Å². The molecule has 0 fully saturated rings. The second kappa shape index (κ2) is 7.76. The first-order chi connectivity index (χ1) is 14.0. The van der Waals surface area contributed by atoms with E-state index < -0.39 is 0 Å². The molecule has 0 aliphatic rings. The van der Waals surface area contributed by atoms with Crippen LogP contribution in [-0.2, 0) is 0 Å². The summed E-state index contributed by atoms with van der Waals surface area (Å²) in [5.74, 6) is 1.02. The molecule has 0 aliphatic heterocycles. The fraction of sp³-hybridized carbons (Fsp3) is 0.158. The van der Waals surface area contributed by atoms with Crippen molar-refractivity contribution >= 4 is 39.6 Å². The summed E-state index contributed by atoms with van der Waals surface area (Å²) in [5.41, 5.74) is 8.21. The smallest absolute Gasteiger partial charge is 0.275 e. The minimum atomic E-state index is -0.279. The molecule has 0 unspecified atom stereocenters. The van der Waals surface area contributed by atoms with Crippen LogP contribution in [0.5, 0.6) is 11.6 Å². The fourth-order valence-corrected chi connectivity index (χ4v) is 3.39. The van der Waals surface area contributed by atoms with Gasteiger partial charge in [0.05, 0.1) is 6.20 Å². The number of aromatic nitrogens is 4. The highest BCUT2D eigenvalue weighted by Gasteiger charge is 2.13. The Morgan fingerprint density at radius 3 is 2.97 bits per heavy atom. The number of nitrogens with zero attached hydrogens (tertiary/aromatic N) is 4. The third-order valence-electron chi connectivity index (χ3n) is 4.09. The number of anilines is 3. The maximum absolute atomic E-state index is 12.5. The molecule has 9 nitrogen and oxygen atoms in total. The lowest BCUT2D eigenvalue weighted by atomic mass is 10.2. The lowest BCUT2D eigenvalue weighted by Gasteiger charge is -2.10. The molecule has 0 radical (unpaired) electrons. The predicted octanol–water partition coefficient (Wildman–Crippen LogP) is 3.55. The van der Waals surface area contributed by atoms with Gasteiger partial charge in [0.2, 0.25) is 5.88 Å². The van der Waals surface area contributed by atoms with Gasteiger partial charge in [-0.25, -0.2) is 9.50 Å². The van der Waals surface area contributed by atoms with Crippen LogP contribution in [0.1, 0.15) is 23.0 Å². The Morgan fingerprint density at radius 2 is 2.14 bits per heavy atom. The number of nitrogen functional groups attached to an aromatic ring is 1. The monoisotopic (exact) mass is 409 g/mol. The van der Waals surface area contributed by atoms with Crippen molar-refractivity contribution in [2.45, 2.75) is 13.8 Å². The number of ether oxygens (including phenoxy) is 1. The molecule has 0 saturated heterocycles. The minimum Gasteiger partial charge on any atom is -0.438 e. The molecule has 10 heteroatoms. The first-order valence-corrected chi connectivity index (χ1v) is 9.71. The van der Waals surface area contributed by atoms with Gasteiger partial charge in [-0.3, -0.25) is 4.79 Å². The number of fused-ring (bicyclic) bond motifs is 1. The molecule has 4 N–H and O–H groups in total. The highest BCUT2D eigenvalue weighted by Crippen LogP contribution is 2.27. The van der Waals surface area contributed by atoms with Gasteiger partial charge in [0.25, 0.3) is 5.91 Å². The molecule has 4 rings (SSSR count). The zero-order valence-corrected chi connectivity index (χ0v) is 16.7. The third-order valence-corrected chi connectivity index (χ3v) is 4.83. The molecule has 0 saturated carbocycles. The van der Waals surface area contributed by atoms with Crippen molar-refractivity contribution in [1.82, 2.24) is 19.0 Å². The van der Waals surface area contributed by atoms with Crippen LogP contribution in [0.3, 0.4) is 0 Å². The average Bonchev–Trinajstić information content (AvgIpc) is 3.30. The van der Waals surface area contributed by atoms with Gasteiger partial charge in [0, 0.05) is 30.4 Å². The molecule has 1 aromatic carbocycles. The summed E-state index contributed by atoms with van der Waals surface area (Å²) in [5, 5.41) is 11.2. The molecule has 0 atom stereocenters. The summed E-state index contributed by atoms with van der Waals surface area (Å²) in [7, 11) is 0. The number of imidazole rings is 1. The van der Waals surface area contributed by atoms with Gasteiger partial charge in [0.15, 0.2) is 5.65 Å². The lowest BCUT2D eigenvalue weighted by molar-refractivity contribution is 0.102. The van der Waals surface area contributed by atoms with Crippen molar-refractivity contribution < 1.29 is 9.53 Å². The minimum absolute atomic E-state index is 0.279. The summed E-state index contributed by atoms with van der Waals surface area (Å²) in [4.78, 5) is 16.7. The van der Waals surface area contributed by atoms with Crippen LogP contribution in [0.2, 0.25) is 0 Å². The summed E-state index contributed by atoms with van der Waals surface area (Å²) < 4.78 is 11.6. The molecule has 1 amide bonds. The van der Waals surface area contributed by atoms with Crippen LogP contribution < -0.4 is 21.1 Å². The van der Waals surface area contributed by atoms with Crippen LogP contribution in [-0.4, -0.2) is 31.4 Å². The molecular formula is C19H19N7O2S. The summed E-state index contributed by atoms with van der Waals surface area (Å²) in [6, 6.07) is 10.6. The Bertz CT molecular complexity index is 1180. The Morgan fingerprint density at radius 1 is 1.28 bits per heavy atom. The predicted molar refractivity (Wildman–Crippen MR) is 113 cm³/mol. The third kappa shape index (κ3) is 4.11. The van der Waals surface area contributed by atoms with Crippen molar-refractivity contribution in [2.75, 3.05) is 22.9 Å². The second-order valence-electron chi connectivity index (χ2n) is 6.28. The zero-order valence-electron chi connectivity index (χ0n) is 15.8. The molecule has 29 heavy (non-hydrogen) atoms. The first-order valence-electron chi connectivity index (χ1n) is 8.94. The molecule has 0 spiro atoms. The van der Waals surface area contributed by atoms with E-state index in [1.807, 2.05) is 26.0 Å². The van der Waals surface area contributed by atoms with Crippen molar-refractivity contribution in [3.63, 3.8) is 0 Å². The van der Waals surface area contributed by atoms with E-state index in [4.69, 9.17) is 10.5 Å².